The third-order valence-electron chi connectivity index (χ3n) is 4.29. The van der Waals surface area contributed by atoms with Gasteiger partial charge in [0.1, 0.15) is 10.1 Å². The zero-order chi connectivity index (χ0) is 22.4. The van der Waals surface area contributed by atoms with Crippen LogP contribution in [0, 0.1) is 0 Å². The number of para-hydroxylation sites is 1. The first-order valence-corrected chi connectivity index (χ1v) is 10.7. The number of thioether (sulfide) groups is 1. The van der Waals surface area contributed by atoms with Crippen molar-refractivity contribution in [3.05, 3.63) is 69.6 Å². The number of ether oxygens (including phenoxy) is 1. The smallest absolute Gasteiger partial charge is 0.273 e. The number of thiocarbonyl (C=S) groups is 1. The summed E-state index contributed by atoms with van der Waals surface area (Å²) in [4.78, 5) is 38.8. The number of rotatable bonds is 6. The van der Waals surface area contributed by atoms with Gasteiger partial charge in [-0.05, 0) is 29.8 Å². The van der Waals surface area contributed by atoms with E-state index in [2.05, 4.69) is 10.9 Å². The molecule has 0 unspecified atom stereocenters. The molecule has 0 atom stereocenters. The van der Waals surface area contributed by atoms with Gasteiger partial charge in [-0.1, -0.05) is 65.9 Å². The molecule has 2 N–H and O–H groups in total. The van der Waals surface area contributed by atoms with Crippen molar-refractivity contribution < 1.29 is 19.1 Å². The van der Waals surface area contributed by atoms with E-state index in [4.69, 9.17) is 28.6 Å². The second kappa shape index (κ2) is 10.4. The number of methoxy groups -OCH3 is 1. The summed E-state index contributed by atoms with van der Waals surface area (Å²) in [5.41, 5.74) is 5.66. The molecular formula is C21H18ClN3O4S2. The van der Waals surface area contributed by atoms with Crippen LogP contribution < -0.4 is 15.6 Å². The number of amides is 3. The summed E-state index contributed by atoms with van der Waals surface area (Å²) in [5, 5.41) is 0.526. The lowest BCUT2D eigenvalue weighted by molar-refractivity contribution is -0.124. The van der Waals surface area contributed by atoms with Crippen molar-refractivity contribution in [2.75, 3.05) is 13.7 Å². The number of carbonyl (C=O) groups excluding carboxylic acids is 3. The van der Waals surface area contributed by atoms with Gasteiger partial charge >= 0.3 is 0 Å². The number of carbonyl (C=O) groups is 3. The average Bonchev–Trinajstić information content (AvgIpc) is 3.04. The summed E-state index contributed by atoms with van der Waals surface area (Å²) in [6.07, 6.45) is 1.63. The predicted octanol–water partition coefficient (Wildman–Crippen LogP) is 3.40. The van der Waals surface area contributed by atoms with Crippen LogP contribution in [0.25, 0.3) is 6.08 Å². The van der Waals surface area contributed by atoms with Crippen LogP contribution in [0.15, 0.2) is 53.4 Å². The number of nitrogens with zero attached hydrogens (tertiary/aromatic N) is 1. The van der Waals surface area contributed by atoms with Crippen molar-refractivity contribution in [2.24, 2.45) is 0 Å². The first-order valence-electron chi connectivity index (χ1n) is 9.13. The normalized spacial score (nSPS) is 14.6. The van der Waals surface area contributed by atoms with Crippen LogP contribution in [0.5, 0.6) is 5.75 Å². The third kappa shape index (κ3) is 5.63. The molecule has 1 fully saturated rings. The largest absolute Gasteiger partial charge is 0.496 e. The van der Waals surface area contributed by atoms with Crippen LogP contribution >= 0.6 is 35.6 Å². The van der Waals surface area contributed by atoms with E-state index < -0.39 is 11.8 Å². The molecule has 0 radical (unpaired) electrons. The van der Waals surface area contributed by atoms with E-state index in [9.17, 15) is 14.4 Å². The first-order chi connectivity index (χ1) is 14.9. The lowest BCUT2D eigenvalue weighted by Crippen LogP contribution is -2.43. The number of halogens is 1. The summed E-state index contributed by atoms with van der Waals surface area (Å²) >= 11 is 12.6. The van der Waals surface area contributed by atoms with Gasteiger partial charge in [0.15, 0.2) is 0 Å². The molecule has 0 spiro atoms. The Morgan fingerprint density at radius 3 is 2.61 bits per heavy atom. The summed E-state index contributed by atoms with van der Waals surface area (Å²) < 4.78 is 5.48. The van der Waals surface area contributed by atoms with Gasteiger partial charge < -0.3 is 4.74 Å². The lowest BCUT2D eigenvalue weighted by atomic mass is 10.2. The number of hydrazine groups is 1. The lowest BCUT2D eigenvalue weighted by Gasteiger charge is -2.14. The molecule has 0 aliphatic carbocycles. The summed E-state index contributed by atoms with van der Waals surface area (Å²) in [7, 11) is 1.45. The van der Waals surface area contributed by atoms with E-state index in [0.29, 0.717) is 25.6 Å². The van der Waals surface area contributed by atoms with Gasteiger partial charge in [-0.2, -0.15) is 0 Å². The van der Waals surface area contributed by atoms with Crippen molar-refractivity contribution in [3.8, 4) is 5.75 Å². The van der Waals surface area contributed by atoms with Gasteiger partial charge in [0.2, 0.25) is 5.91 Å². The third-order valence-corrected chi connectivity index (χ3v) is 6.02. The SMILES string of the molecule is COc1ccccc1C(=O)NNC(=O)CCN1C(=O)/C(=C\c2ccccc2Cl)SC1=S. The van der Waals surface area contributed by atoms with Crippen molar-refractivity contribution in [3.63, 3.8) is 0 Å². The van der Waals surface area contributed by atoms with Crippen molar-refractivity contribution in [2.45, 2.75) is 6.42 Å². The van der Waals surface area contributed by atoms with E-state index >= 15 is 0 Å². The van der Waals surface area contributed by atoms with Crippen molar-refractivity contribution in [1.82, 2.24) is 15.8 Å². The number of hydrogen-bond donors (Lipinski definition) is 2. The Morgan fingerprint density at radius 2 is 1.87 bits per heavy atom. The molecule has 1 aliphatic heterocycles. The monoisotopic (exact) mass is 475 g/mol. The highest BCUT2D eigenvalue weighted by atomic mass is 35.5. The molecule has 3 rings (SSSR count). The fourth-order valence-corrected chi connectivity index (χ4v) is 4.22. The second-order valence-electron chi connectivity index (χ2n) is 6.31. The maximum atomic E-state index is 12.7. The Bertz CT molecular complexity index is 1070. The Labute approximate surface area is 193 Å². The number of nitrogens with one attached hydrogen (secondary N) is 2. The Morgan fingerprint density at radius 1 is 1.16 bits per heavy atom. The van der Waals surface area contributed by atoms with E-state index in [1.54, 1.807) is 48.5 Å². The number of hydrogen-bond acceptors (Lipinski definition) is 6. The van der Waals surface area contributed by atoms with Crippen LogP contribution in [-0.4, -0.2) is 40.6 Å². The minimum atomic E-state index is -0.515. The van der Waals surface area contributed by atoms with E-state index in [-0.39, 0.29) is 24.4 Å². The fourth-order valence-electron chi connectivity index (χ4n) is 2.73. The summed E-state index contributed by atoms with van der Waals surface area (Å²) in [6.45, 7) is 0.0842. The molecular weight excluding hydrogens is 458 g/mol. The van der Waals surface area contributed by atoms with Crippen LogP contribution in [-0.2, 0) is 9.59 Å². The highest BCUT2D eigenvalue weighted by Crippen LogP contribution is 2.33. The molecule has 2 aromatic carbocycles. The fraction of sp³-hybridized carbons (Fsp3) is 0.143. The molecule has 0 aromatic heterocycles. The van der Waals surface area contributed by atoms with Crippen LogP contribution in [0.4, 0.5) is 0 Å². The molecule has 1 aliphatic rings. The standard InChI is InChI=1S/C21H18ClN3O4S2/c1-29-16-9-5-3-7-14(16)19(27)24-23-18(26)10-11-25-20(28)17(31-21(25)30)12-13-6-2-4-8-15(13)22/h2-9,12H,10-11H2,1H3,(H,23,26)(H,24,27)/b17-12+. The number of benzene rings is 2. The quantitative estimate of drug-likeness (QED) is 0.378. The Hall–Kier alpha value is -2.88. The molecule has 1 heterocycles. The molecule has 10 heteroatoms. The molecule has 7 nitrogen and oxygen atoms in total. The maximum Gasteiger partial charge on any atom is 0.273 e. The van der Waals surface area contributed by atoms with Crippen molar-refractivity contribution in [1.29, 1.82) is 0 Å². The minimum Gasteiger partial charge on any atom is -0.496 e. The zero-order valence-electron chi connectivity index (χ0n) is 16.4. The molecule has 2 aromatic rings. The zero-order valence-corrected chi connectivity index (χ0v) is 18.8. The van der Waals surface area contributed by atoms with Gasteiger partial charge in [0.05, 0.1) is 17.6 Å². The van der Waals surface area contributed by atoms with Gasteiger partial charge in [0.25, 0.3) is 11.8 Å². The summed E-state index contributed by atoms with van der Waals surface area (Å²) in [5.74, 6) is -0.885. The molecule has 160 valence electrons. The van der Waals surface area contributed by atoms with E-state index in [1.807, 2.05) is 6.07 Å². The van der Waals surface area contributed by atoms with Gasteiger partial charge in [-0.25, -0.2) is 0 Å². The molecule has 0 saturated carbocycles. The van der Waals surface area contributed by atoms with E-state index in [0.717, 1.165) is 11.8 Å². The minimum absolute atomic E-state index is 0.0436. The maximum absolute atomic E-state index is 12.7. The predicted molar refractivity (Wildman–Crippen MR) is 125 cm³/mol. The van der Waals surface area contributed by atoms with Gasteiger partial charge in [-0.15, -0.1) is 0 Å². The average molecular weight is 476 g/mol. The highest BCUT2D eigenvalue weighted by molar-refractivity contribution is 8.26. The summed E-state index contributed by atoms with van der Waals surface area (Å²) in [6, 6.07) is 13.8. The van der Waals surface area contributed by atoms with E-state index in [1.165, 1.54) is 12.0 Å². The first kappa shape index (κ1) is 22.8. The van der Waals surface area contributed by atoms with Crippen LogP contribution in [0.1, 0.15) is 22.3 Å². The Kier molecular flexibility index (Phi) is 7.67. The van der Waals surface area contributed by atoms with Crippen molar-refractivity contribution >= 4 is 63.7 Å². The highest BCUT2D eigenvalue weighted by Gasteiger charge is 2.32. The second-order valence-corrected chi connectivity index (χ2v) is 8.39. The molecule has 1 saturated heterocycles. The molecule has 31 heavy (non-hydrogen) atoms. The molecule has 0 bridgehead atoms. The van der Waals surface area contributed by atoms with Crippen LogP contribution in [0.3, 0.4) is 0 Å². The molecule has 3 amide bonds. The van der Waals surface area contributed by atoms with Gasteiger partial charge in [0, 0.05) is 18.0 Å². The van der Waals surface area contributed by atoms with Gasteiger partial charge in [-0.3, -0.25) is 30.1 Å². The van der Waals surface area contributed by atoms with Crippen LogP contribution in [0.2, 0.25) is 5.02 Å². The Balaban J connectivity index is 1.54. The topological polar surface area (TPSA) is 87.7 Å².